The van der Waals surface area contributed by atoms with E-state index in [4.69, 9.17) is 0 Å². The summed E-state index contributed by atoms with van der Waals surface area (Å²) in [5, 5.41) is 5.46. The maximum atomic E-state index is 12.7. The topological polar surface area (TPSA) is 41.1 Å². The number of urea groups is 1. The summed E-state index contributed by atoms with van der Waals surface area (Å²) in [6, 6.07) is 6.16. The van der Waals surface area contributed by atoms with E-state index >= 15 is 0 Å². The molecule has 4 heteroatoms. The maximum Gasteiger partial charge on any atom is 0.314 e. The molecule has 1 unspecified atom stereocenters. The van der Waals surface area contributed by atoms with Gasteiger partial charge in [0.2, 0.25) is 0 Å². The normalized spacial score (nSPS) is 11.9. The molecule has 0 radical (unpaired) electrons. The molecule has 2 N–H and O–H groups in total. The van der Waals surface area contributed by atoms with Crippen molar-refractivity contribution in [2.24, 2.45) is 0 Å². The van der Waals surface area contributed by atoms with Crippen LogP contribution in [0.15, 0.2) is 24.3 Å². The second-order valence-electron chi connectivity index (χ2n) is 3.74. The average Bonchev–Trinajstić information content (AvgIpc) is 2.21. The third-order valence-electron chi connectivity index (χ3n) is 2.17. The van der Waals surface area contributed by atoms with E-state index in [0.717, 1.165) is 5.56 Å². The molecule has 88 valence electrons. The lowest BCUT2D eigenvalue weighted by atomic mass is 10.1. The first-order valence-corrected chi connectivity index (χ1v) is 5.40. The van der Waals surface area contributed by atoms with Gasteiger partial charge in [0.05, 0.1) is 0 Å². The molecule has 0 fully saturated rings. The van der Waals surface area contributed by atoms with Crippen LogP contribution in [0.4, 0.5) is 9.18 Å². The van der Waals surface area contributed by atoms with Crippen LogP contribution in [0.25, 0.3) is 0 Å². The van der Waals surface area contributed by atoms with Crippen LogP contribution in [-0.2, 0) is 6.42 Å². The number of halogens is 1. The largest absolute Gasteiger partial charge is 0.338 e. The predicted molar refractivity (Wildman–Crippen MR) is 61.8 cm³/mol. The standard InChI is InChI=1S/C12H17FN2O/c1-3-14-12(16)15-9(2)8-10-4-6-11(13)7-5-10/h4-7,9H,3,8H2,1-2H3,(H2,14,15,16). The van der Waals surface area contributed by atoms with Gasteiger partial charge in [-0.15, -0.1) is 0 Å². The quantitative estimate of drug-likeness (QED) is 0.807. The Morgan fingerprint density at radius 3 is 2.56 bits per heavy atom. The van der Waals surface area contributed by atoms with Crippen LogP contribution in [0.3, 0.4) is 0 Å². The molecule has 0 saturated heterocycles. The first kappa shape index (κ1) is 12.5. The highest BCUT2D eigenvalue weighted by Crippen LogP contribution is 2.05. The smallest absolute Gasteiger partial charge is 0.314 e. The number of carbonyl (C=O) groups excluding carboxylic acids is 1. The first-order chi connectivity index (χ1) is 7.61. The number of carbonyl (C=O) groups is 1. The van der Waals surface area contributed by atoms with Crippen LogP contribution >= 0.6 is 0 Å². The molecule has 3 nitrogen and oxygen atoms in total. The van der Waals surface area contributed by atoms with Gasteiger partial charge in [-0.2, -0.15) is 0 Å². The number of amides is 2. The molecule has 1 atom stereocenters. The molecular formula is C12H17FN2O. The Labute approximate surface area is 95.0 Å². The summed E-state index contributed by atoms with van der Waals surface area (Å²) in [7, 11) is 0. The Morgan fingerprint density at radius 1 is 1.38 bits per heavy atom. The molecule has 0 aromatic heterocycles. The summed E-state index contributed by atoms with van der Waals surface area (Å²) in [5.41, 5.74) is 1.01. The summed E-state index contributed by atoms with van der Waals surface area (Å²) in [6.45, 7) is 4.39. The Bertz CT molecular complexity index is 337. The number of hydrogen-bond acceptors (Lipinski definition) is 1. The summed E-state index contributed by atoms with van der Waals surface area (Å²) in [4.78, 5) is 11.2. The molecule has 16 heavy (non-hydrogen) atoms. The Balaban J connectivity index is 2.42. The Morgan fingerprint density at radius 2 is 2.00 bits per heavy atom. The van der Waals surface area contributed by atoms with E-state index < -0.39 is 0 Å². The summed E-state index contributed by atoms with van der Waals surface area (Å²) in [6.07, 6.45) is 0.692. The van der Waals surface area contributed by atoms with Gasteiger partial charge in [0.1, 0.15) is 5.82 Å². The molecule has 2 amide bonds. The van der Waals surface area contributed by atoms with Gasteiger partial charge in [-0.25, -0.2) is 9.18 Å². The third kappa shape index (κ3) is 4.29. The zero-order valence-electron chi connectivity index (χ0n) is 9.59. The van der Waals surface area contributed by atoms with Crippen molar-refractivity contribution < 1.29 is 9.18 Å². The maximum absolute atomic E-state index is 12.7. The van der Waals surface area contributed by atoms with Crippen molar-refractivity contribution >= 4 is 6.03 Å². The molecule has 0 saturated carbocycles. The first-order valence-electron chi connectivity index (χ1n) is 5.40. The van der Waals surface area contributed by atoms with Crippen molar-refractivity contribution in [1.82, 2.24) is 10.6 Å². The van der Waals surface area contributed by atoms with Gasteiger partial charge in [-0.05, 0) is 38.0 Å². The monoisotopic (exact) mass is 224 g/mol. The summed E-state index contributed by atoms with van der Waals surface area (Å²) in [5.74, 6) is -0.243. The van der Waals surface area contributed by atoms with Crippen LogP contribution in [0, 0.1) is 5.82 Å². The van der Waals surface area contributed by atoms with E-state index in [1.807, 2.05) is 13.8 Å². The van der Waals surface area contributed by atoms with Crippen LogP contribution < -0.4 is 10.6 Å². The number of hydrogen-bond donors (Lipinski definition) is 2. The van der Waals surface area contributed by atoms with Gasteiger partial charge in [0.15, 0.2) is 0 Å². The van der Waals surface area contributed by atoms with Crippen molar-refractivity contribution in [1.29, 1.82) is 0 Å². The molecule has 1 rings (SSSR count). The molecule has 0 heterocycles. The summed E-state index contributed by atoms with van der Waals surface area (Å²) < 4.78 is 12.7. The van der Waals surface area contributed by atoms with E-state index in [9.17, 15) is 9.18 Å². The Hall–Kier alpha value is -1.58. The number of nitrogens with one attached hydrogen (secondary N) is 2. The average molecular weight is 224 g/mol. The fourth-order valence-corrected chi connectivity index (χ4v) is 1.46. The second-order valence-corrected chi connectivity index (χ2v) is 3.74. The van der Waals surface area contributed by atoms with Gasteiger partial charge in [-0.3, -0.25) is 0 Å². The van der Waals surface area contributed by atoms with E-state index in [0.29, 0.717) is 13.0 Å². The van der Waals surface area contributed by atoms with Crippen molar-refractivity contribution in [3.05, 3.63) is 35.6 Å². The summed E-state index contributed by atoms with van der Waals surface area (Å²) >= 11 is 0. The lowest BCUT2D eigenvalue weighted by Crippen LogP contribution is -2.41. The number of benzene rings is 1. The van der Waals surface area contributed by atoms with Gasteiger partial charge < -0.3 is 10.6 Å². The zero-order valence-corrected chi connectivity index (χ0v) is 9.59. The van der Waals surface area contributed by atoms with Gasteiger partial charge in [0, 0.05) is 12.6 Å². The van der Waals surface area contributed by atoms with Crippen LogP contribution in [0.5, 0.6) is 0 Å². The van der Waals surface area contributed by atoms with E-state index in [1.54, 1.807) is 12.1 Å². The van der Waals surface area contributed by atoms with Crippen LogP contribution in [0.2, 0.25) is 0 Å². The van der Waals surface area contributed by atoms with Crippen molar-refractivity contribution in [3.8, 4) is 0 Å². The minimum absolute atomic E-state index is 0.0250. The molecule has 1 aromatic carbocycles. The van der Waals surface area contributed by atoms with Crippen molar-refractivity contribution in [2.75, 3.05) is 6.54 Å². The zero-order chi connectivity index (χ0) is 12.0. The van der Waals surface area contributed by atoms with E-state index in [2.05, 4.69) is 10.6 Å². The minimum atomic E-state index is -0.243. The molecule has 0 aliphatic heterocycles. The minimum Gasteiger partial charge on any atom is -0.338 e. The van der Waals surface area contributed by atoms with Gasteiger partial charge in [-0.1, -0.05) is 12.1 Å². The molecule has 1 aromatic rings. The second kappa shape index (κ2) is 6.10. The lowest BCUT2D eigenvalue weighted by molar-refractivity contribution is 0.238. The highest BCUT2D eigenvalue weighted by atomic mass is 19.1. The van der Waals surface area contributed by atoms with Gasteiger partial charge >= 0.3 is 6.03 Å². The van der Waals surface area contributed by atoms with Crippen LogP contribution in [-0.4, -0.2) is 18.6 Å². The predicted octanol–water partition coefficient (Wildman–Crippen LogP) is 2.08. The van der Waals surface area contributed by atoms with Crippen LogP contribution in [0.1, 0.15) is 19.4 Å². The highest BCUT2D eigenvalue weighted by Gasteiger charge is 2.06. The third-order valence-corrected chi connectivity index (χ3v) is 2.17. The molecule has 0 bridgehead atoms. The SMILES string of the molecule is CCNC(=O)NC(C)Cc1ccc(F)cc1. The fraction of sp³-hybridized carbons (Fsp3) is 0.417. The van der Waals surface area contributed by atoms with Crippen molar-refractivity contribution in [2.45, 2.75) is 26.3 Å². The fourth-order valence-electron chi connectivity index (χ4n) is 1.46. The highest BCUT2D eigenvalue weighted by molar-refractivity contribution is 5.74. The van der Waals surface area contributed by atoms with E-state index in [1.165, 1.54) is 12.1 Å². The molecule has 0 spiro atoms. The number of rotatable bonds is 4. The molecule has 0 aliphatic rings. The van der Waals surface area contributed by atoms with E-state index in [-0.39, 0.29) is 17.9 Å². The van der Waals surface area contributed by atoms with Crippen molar-refractivity contribution in [3.63, 3.8) is 0 Å². The lowest BCUT2D eigenvalue weighted by Gasteiger charge is -2.14. The van der Waals surface area contributed by atoms with Gasteiger partial charge in [0.25, 0.3) is 0 Å². The molecule has 0 aliphatic carbocycles. The molecular weight excluding hydrogens is 207 g/mol. The Kier molecular flexibility index (Phi) is 4.76.